The standard InChI is InChI=1S/C28H33NO5/c1-4-29(23-13-9-6-10-14-23)26-24(30)17-28(20(2)3,34-27(26)31)16-22(25-18-32-19-33-25)15-21-11-7-5-8-12-21/h5-14,18,20,22,26H,4,15-17,19H2,1-3H3. The van der Waals surface area contributed by atoms with Crippen LogP contribution in [0.25, 0.3) is 0 Å². The first-order valence-electron chi connectivity index (χ1n) is 12.0. The number of allylic oxidation sites excluding steroid dienone is 1. The second-order valence-corrected chi connectivity index (χ2v) is 9.35. The normalized spacial score (nSPS) is 23.1. The molecule has 1 saturated heterocycles. The molecule has 0 aromatic heterocycles. The lowest BCUT2D eigenvalue weighted by molar-refractivity contribution is -0.181. The maximum Gasteiger partial charge on any atom is 0.337 e. The highest BCUT2D eigenvalue weighted by Crippen LogP contribution is 2.41. The summed E-state index contributed by atoms with van der Waals surface area (Å²) in [5.74, 6) is 0.0162. The van der Waals surface area contributed by atoms with Gasteiger partial charge in [0.2, 0.25) is 6.79 Å². The number of esters is 1. The first-order chi connectivity index (χ1) is 16.4. The van der Waals surface area contributed by atoms with Gasteiger partial charge in [-0.05, 0) is 43.4 Å². The maximum absolute atomic E-state index is 13.5. The van der Waals surface area contributed by atoms with Crippen LogP contribution < -0.4 is 4.90 Å². The molecule has 0 radical (unpaired) electrons. The fourth-order valence-electron chi connectivity index (χ4n) is 4.98. The van der Waals surface area contributed by atoms with Crippen LogP contribution in [-0.4, -0.2) is 36.7 Å². The number of carbonyl (C=O) groups excluding carboxylic acids is 2. The third kappa shape index (κ3) is 4.96. The van der Waals surface area contributed by atoms with E-state index in [9.17, 15) is 9.59 Å². The van der Waals surface area contributed by atoms with E-state index in [1.807, 2.05) is 74.2 Å². The van der Waals surface area contributed by atoms with Crippen molar-refractivity contribution in [2.45, 2.75) is 51.7 Å². The highest BCUT2D eigenvalue weighted by molar-refractivity contribution is 6.08. The van der Waals surface area contributed by atoms with E-state index in [0.717, 1.165) is 17.0 Å². The Kier molecular flexibility index (Phi) is 7.25. The summed E-state index contributed by atoms with van der Waals surface area (Å²) in [7, 11) is 0. The number of rotatable bonds is 9. The number of anilines is 1. The molecule has 4 rings (SSSR count). The van der Waals surface area contributed by atoms with E-state index >= 15 is 0 Å². The first-order valence-corrected chi connectivity index (χ1v) is 12.0. The van der Waals surface area contributed by atoms with Crippen LogP contribution in [0.2, 0.25) is 0 Å². The number of para-hydroxylation sites is 1. The van der Waals surface area contributed by atoms with Gasteiger partial charge in [-0.25, -0.2) is 4.79 Å². The van der Waals surface area contributed by atoms with Gasteiger partial charge >= 0.3 is 5.97 Å². The molecule has 0 aliphatic carbocycles. The van der Waals surface area contributed by atoms with E-state index in [4.69, 9.17) is 14.2 Å². The maximum atomic E-state index is 13.5. The molecule has 0 spiro atoms. The number of ketones is 1. The molecule has 6 heteroatoms. The molecule has 0 bridgehead atoms. The van der Waals surface area contributed by atoms with E-state index in [0.29, 0.717) is 19.4 Å². The minimum absolute atomic E-state index is 0.0469. The summed E-state index contributed by atoms with van der Waals surface area (Å²) in [4.78, 5) is 28.8. The van der Waals surface area contributed by atoms with Gasteiger partial charge in [0, 0.05) is 24.6 Å². The van der Waals surface area contributed by atoms with Crippen LogP contribution in [0.5, 0.6) is 0 Å². The molecule has 1 fully saturated rings. The molecule has 2 aromatic rings. The van der Waals surface area contributed by atoms with Crippen molar-refractivity contribution >= 4 is 17.4 Å². The molecule has 3 atom stereocenters. The number of hydrogen-bond donors (Lipinski definition) is 0. The van der Waals surface area contributed by atoms with Crippen molar-refractivity contribution in [3.8, 4) is 0 Å². The van der Waals surface area contributed by atoms with Crippen LogP contribution in [0, 0.1) is 11.8 Å². The molecule has 0 saturated carbocycles. The quantitative estimate of drug-likeness (QED) is 0.390. The summed E-state index contributed by atoms with van der Waals surface area (Å²) in [6, 6.07) is 18.7. The van der Waals surface area contributed by atoms with Crippen LogP contribution in [0.3, 0.4) is 0 Å². The van der Waals surface area contributed by atoms with Gasteiger partial charge in [-0.15, -0.1) is 0 Å². The largest absolute Gasteiger partial charge is 0.462 e. The lowest BCUT2D eigenvalue weighted by Gasteiger charge is -2.45. The third-order valence-electron chi connectivity index (χ3n) is 6.91. The SMILES string of the molecule is CCN(c1ccccc1)C1C(=O)CC(CC(Cc2ccccc2)C2=COCO2)(C(C)C)OC1=O. The molecule has 34 heavy (non-hydrogen) atoms. The number of likely N-dealkylation sites (N-methyl/N-ethyl adjacent to an activating group) is 1. The van der Waals surface area contributed by atoms with E-state index in [-0.39, 0.29) is 30.8 Å². The van der Waals surface area contributed by atoms with Gasteiger partial charge in [-0.1, -0.05) is 62.4 Å². The van der Waals surface area contributed by atoms with Gasteiger partial charge in [0.05, 0.1) is 0 Å². The fraction of sp³-hybridized carbons (Fsp3) is 0.429. The Morgan fingerprint density at radius 1 is 1.03 bits per heavy atom. The molecule has 6 nitrogen and oxygen atoms in total. The van der Waals surface area contributed by atoms with Gasteiger partial charge in [0.1, 0.15) is 17.6 Å². The molecule has 2 heterocycles. The van der Waals surface area contributed by atoms with Crippen molar-refractivity contribution in [3.63, 3.8) is 0 Å². The first kappa shape index (κ1) is 23.9. The van der Waals surface area contributed by atoms with Crippen molar-refractivity contribution in [3.05, 3.63) is 78.2 Å². The Labute approximate surface area is 201 Å². The minimum Gasteiger partial charge on any atom is -0.462 e. The van der Waals surface area contributed by atoms with Crippen molar-refractivity contribution in [2.24, 2.45) is 11.8 Å². The molecular weight excluding hydrogens is 430 g/mol. The number of cyclic esters (lactones) is 1. The van der Waals surface area contributed by atoms with E-state index in [1.54, 1.807) is 6.26 Å². The zero-order chi connectivity index (χ0) is 24.1. The Morgan fingerprint density at radius 3 is 2.26 bits per heavy atom. The lowest BCUT2D eigenvalue weighted by atomic mass is 9.74. The second-order valence-electron chi connectivity index (χ2n) is 9.35. The Bertz CT molecular complexity index is 1000. The van der Waals surface area contributed by atoms with Gasteiger partial charge in [0.25, 0.3) is 0 Å². The van der Waals surface area contributed by atoms with Crippen LogP contribution >= 0.6 is 0 Å². The zero-order valence-corrected chi connectivity index (χ0v) is 20.1. The van der Waals surface area contributed by atoms with Crippen molar-refractivity contribution in [1.82, 2.24) is 0 Å². The van der Waals surface area contributed by atoms with Crippen LogP contribution in [0.1, 0.15) is 39.2 Å². The Hall–Kier alpha value is -3.28. The summed E-state index contributed by atoms with van der Waals surface area (Å²) in [6.07, 6.45) is 3.00. The van der Waals surface area contributed by atoms with E-state index in [1.165, 1.54) is 0 Å². The van der Waals surface area contributed by atoms with E-state index < -0.39 is 17.6 Å². The number of benzene rings is 2. The van der Waals surface area contributed by atoms with Gasteiger partial charge < -0.3 is 19.1 Å². The predicted octanol–water partition coefficient (Wildman–Crippen LogP) is 4.89. The zero-order valence-electron chi connectivity index (χ0n) is 20.1. The van der Waals surface area contributed by atoms with Gasteiger partial charge in [0.15, 0.2) is 11.8 Å². The summed E-state index contributed by atoms with van der Waals surface area (Å²) in [5, 5.41) is 0. The van der Waals surface area contributed by atoms with Crippen LogP contribution in [0.15, 0.2) is 72.7 Å². The van der Waals surface area contributed by atoms with Crippen molar-refractivity contribution < 1.29 is 23.8 Å². The van der Waals surface area contributed by atoms with Crippen LogP contribution in [-0.2, 0) is 30.2 Å². The minimum atomic E-state index is -0.933. The molecular formula is C28H33NO5. The molecule has 0 N–H and O–H groups in total. The predicted molar refractivity (Wildman–Crippen MR) is 130 cm³/mol. The molecule has 2 aromatic carbocycles. The average Bonchev–Trinajstić information content (AvgIpc) is 3.37. The third-order valence-corrected chi connectivity index (χ3v) is 6.91. The molecule has 2 aliphatic rings. The number of hydrogen-bond acceptors (Lipinski definition) is 6. The number of nitrogens with zero attached hydrogens (tertiary/aromatic N) is 1. The number of ether oxygens (including phenoxy) is 3. The van der Waals surface area contributed by atoms with E-state index in [2.05, 4.69) is 12.1 Å². The topological polar surface area (TPSA) is 65.1 Å². The fourth-order valence-corrected chi connectivity index (χ4v) is 4.98. The number of Topliss-reactive ketones (excluding diaryl/α,β-unsaturated/α-hetero) is 1. The van der Waals surface area contributed by atoms with Crippen LogP contribution in [0.4, 0.5) is 5.69 Å². The summed E-state index contributed by atoms with van der Waals surface area (Å²) in [5.41, 5.74) is 1.07. The highest BCUT2D eigenvalue weighted by Gasteiger charge is 2.52. The second kappa shape index (κ2) is 10.3. The smallest absolute Gasteiger partial charge is 0.337 e. The molecule has 3 unspecified atom stereocenters. The lowest BCUT2D eigenvalue weighted by Crippen LogP contribution is -2.59. The van der Waals surface area contributed by atoms with Gasteiger partial charge in [-0.3, -0.25) is 4.79 Å². The Balaban J connectivity index is 1.60. The molecule has 2 aliphatic heterocycles. The monoisotopic (exact) mass is 463 g/mol. The summed E-state index contributed by atoms with van der Waals surface area (Å²) < 4.78 is 17.3. The van der Waals surface area contributed by atoms with Crippen molar-refractivity contribution in [2.75, 3.05) is 18.2 Å². The summed E-state index contributed by atoms with van der Waals surface area (Å²) in [6.45, 7) is 6.67. The Morgan fingerprint density at radius 2 is 1.71 bits per heavy atom. The van der Waals surface area contributed by atoms with Crippen molar-refractivity contribution in [1.29, 1.82) is 0 Å². The van der Waals surface area contributed by atoms with Gasteiger partial charge in [-0.2, -0.15) is 0 Å². The molecule has 0 amide bonds. The highest BCUT2D eigenvalue weighted by atomic mass is 16.7. The average molecular weight is 464 g/mol. The summed E-state index contributed by atoms with van der Waals surface area (Å²) >= 11 is 0. The number of carbonyl (C=O) groups is 2. The molecule has 180 valence electrons.